The highest BCUT2D eigenvalue weighted by atomic mass is 32.2. The molecule has 0 amide bonds. The monoisotopic (exact) mass is 157 g/mol. The van der Waals surface area contributed by atoms with Crippen molar-refractivity contribution in [3.63, 3.8) is 0 Å². The quantitative estimate of drug-likeness (QED) is 0.531. The molecule has 0 saturated carbocycles. The van der Waals surface area contributed by atoms with E-state index in [2.05, 4.69) is 6.92 Å². The first kappa shape index (κ1) is 6.55. The Kier molecular flexibility index (Phi) is 1.62. The van der Waals surface area contributed by atoms with Gasteiger partial charge in [0.1, 0.15) is 18.5 Å². The van der Waals surface area contributed by atoms with Crippen LogP contribution >= 0.6 is 11.8 Å². The molecule has 0 aromatic carbocycles. The SMILES string of the molecule is C[C]1SC=C2OCCOC12. The van der Waals surface area contributed by atoms with Crippen molar-refractivity contribution < 1.29 is 9.47 Å². The molecule has 0 N–H and O–H groups in total. The van der Waals surface area contributed by atoms with E-state index in [-0.39, 0.29) is 6.10 Å². The maximum absolute atomic E-state index is 5.46. The molecule has 0 aromatic rings. The summed E-state index contributed by atoms with van der Waals surface area (Å²) in [6, 6.07) is 0. The molecule has 2 heterocycles. The van der Waals surface area contributed by atoms with Gasteiger partial charge in [-0.3, -0.25) is 0 Å². The molecule has 1 atom stereocenters. The van der Waals surface area contributed by atoms with Crippen molar-refractivity contribution in [2.45, 2.75) is 13.0 Å². The molecule has 1 saturated heterocycles. The van der Waals surface area contributed by atoms with Crippen molar-refractivity contribution >= 4 is 11.8 Å². The molecule has 2 aliphatic heterocycles. The number of hydrogen-bond donors (Lipinski definition) is 0. The summed E-state index contributed by atoms with van der Waals surface area (Å²) in [6.45, 7) is 3.50. The van der Waals surface area contributed by atoms with Gasteiger partial charge >= 0.3 is 0 Å². The third-order valence-electron chi connectivity index (χ3n) is 1.63. The Morgan fingerprint density at radius 2 is 2.50 bits per heavy atom. The van der Waals surface area contributed by atoms with Gasteiger partial charge in [-0.2, -0.15) is 0 Å². The van der Waals surface area contributed by atoms with E-state index in [1.54, 1.807) is 11.8 Å². The molecule has 0 aromatic heterocycles. The molecule has 10 heavy (non-hydrogen) atoms. The van der Waals surface area contributed by atoms with E-state index in [1.165, 1.54) is 5.25 Å². The second-order valence-corrected chi connectivity index (χ2v) is 3.46. The highest BCUT2D eigenvalue weighted by molar-refractivity contribution is 8.05. The average Bonchev–Trinajstić information content (AvgIpc) is 2.34. The van der Waals surface area contributed by atoms with Gasteiger partial charge < -0.3 is 9.47 Å². The highest BCUT2D eigenvalue weighted by Crippen LogP contribution is 2.39. The molecular formula is C7H9O2S. The number of hydrogen-bond acceptors (Lipinski definition) is 3. The molecule has 1 radical (unpaired) electrons. The molecule has 2 aliphatic rings. The zero-order valence-corrected chi connectivity index (χ0v) is 6.61. The Morgan fingerprint density at radius 1 is 1.60 bits per heavy atom. The van der Waals surface area contributed by atoms with Crippen LogP contribution in [-0.4, -0.2) is 19.3 Å². The molecule has 3 heteroatoms. The lowest BCUT2D eigenvalue weighted by Gasteiger charge is -2.24. The van der Waals surface area contributed by atoms with Gasteiger partial charge in [0.2, 0.25) is 0 Å². The Labute approximate surface area is 64.6 Å². The van der Waals surface area contributed by atoms with E-state index in [4.69, 9.17) is 9.47 Å². The molecule has 0 aliphatic carbocycles. The number of rotatable bonds is 0. The second-order valence-electron chi connectivity index (χ2n) is 2.35. The summed E-state index contributed by atoms with van der Waals surface area (Å²) in [6.07, 6.45) is 0.152. The van der Waals surface area contributed by atoms with Crippen molar-refractivity contribution in [3.8, 4) is 0 Å². The highest BCUT2D eigenvalue weighted by Gasteiger charge is 2.32. The van der Waals surface area contributed by atoms with E-state index in [0.717, 1.165) is 12.4 Å². The minimum Gasteiger partial charge on any atom is -0.492 e. The fourth-order valence-corrected chi connectivity index (χ4v) is 1.91. The Hall–Kier alpha value is -0.150. The molecule has 1 unspecified atom stereocenters. The predicted molar refractivity (Wildman–Crippen MR) is 40.3 cm³/mol. The topological polar surface area (TPSA) is 18.5 Å². The molecular weight excluding hydrogens is 148 g/mol. The summed E-state index contributed by atoms with van der Waals surface area (Å²) in [7, 11) is 0. The van der Waals surface area contributed by atoms with Crippen LogP contribution < -0.4 is 0 Å². The van der Waals surface area contributed by atoms with Crippen LogP contribution in [0, 0.1) is 5.25 Å². The van der Waals surface area contributed by atoms with Crippen LogP contribution in [0.15, 0.2) is 11.2 Å². The van der Waals surface area contributed by atoms with Crippen molar-refractivity contribution in [2.24, 2.45) is 0 Å². The van der Waals surface area contributed by atoms with E-state index < -0.39 is 0 Å². The largest absolute Gasteiger partial charge is 0.492 e. The average molecular weight is 157 g/mol. The molecule has 55 valence electrons. The summed E-state index contributed by atoms with van der Waals surface area (Å²) in [4.78, 5) is 0. The first-order chi connectivity index (χ1) is 4.88. The first-order valence-electron chi connectivity index (χ1n) is 3.32. The van der Waals surface area contributed by atoms with Crippen molar-refractivity contribution in [3.05, 3.63) is 16.4 Å². The van der Waals surface area contributed by atoms with Crippen LogP contribution in [0.3, 0.4) is 0 Å². The lowest BCUT2D eigenvalue weighted by molar-refractivity contribution is -0.0275. The standard InChI is InChI=1S/C7H9O2S/c1-5-7-6(4-10-5)8-2-3-9-7/h4,7H,2-3H2,1H3. The van der Waals surface area contributed by atoms with Gasteiger partial charge in [-0.1, -0.05) is 0 Å². The van der Waals surface area contributed by atoms with Crippen LogP contribution in [0.5, 0.6) is 0 Å². The maximum atomic E-state index is 5.46. The zero-order valence-electron chi connectivity index (χ0n) is 5.79. The molecule has 0 bridgehead atoms. The van der Waals surface area contributed by atoms with Crippen molar-refractivity contribution in [1.29, 1.82) is 0 Å². The Bertz CT molecular complexity index is 167. The Balaban J connectivity index is 2.11. The first-order valence-corrected chi connectivity index (χ1v) is 4.20. The number of fused-ring (bicyclic) bond motifs is 1. The van der Waals surface area contributed by atoms with Crippen LogP contribution in [0.25, 0.3) is 0 Å². The van der Waals surface area contributed by atoms with Gasteiger partial charge in [-0.25, -0.2) is 0 Å². The van der Waals surface area contributed by atoms with Crippen molar-refractivity contribution in [1.82, 2.24) is 0 Å². The lowest BCUT2D eigenvalue weighted by atomic mass is 10.2. The number of thioether (sulfide) groups is 1. The third-order valence-corrected chi connectivity index (χ3v) is 2.56. The minimum absolute atomic E-state index is 0.152. The summed E-state index contributed by atoms with van der Waals surface area (Å²) in [5.74, 6) is 0.994. The van der Waals surface area contributed by atoms with Crippen LogP contribution in [0.1, 0.15) is 6.92 Å². The third kappa shape index (κ3) is 0.935. The van der Waals surface area contributed by atoms with E-state index in [0.29, 0.717) is 6.61 Å². The smallest absolute Gasteiger partial charge is 0.133 e. The van der Waals surface area contributed by atoms with Gasteiger partial charge in [-0.15, -0.1) is 11.8 Å². The van der Waals surface area contributed by atoms with Gasteiger partial charge in [-0.05, 0) is 6.92 Å². The van der Waals surface area contributed by atoms with Gasteiger partial charge in [0.05, 0.1) is 11.9 Å². The van der Waals surface area contributed by atoms with Crippen molar-refractivity contribution in [2.75, 3.05) is 13.2 Å². The summed E-state index contributed by atoms with van der Waals surface area (Å²) in [5, 5.41) is 3.31. The van der Waals surface area contributed by atoms with Gasteiger partial charge in [0.25, 0.3) is 0 Å². The molecule has 2 rings (SSSR count). The molecule has 0 spiro atoms. The summed E-state index contributed by atoms with van der Waals surface area (Å²) in [5.41, 5.74) is 0. The number of ether oxygens (including phenoxy) is 2. The fourth-order valence-electron chi connectivity index (χ4n) is 1.11. The second kappa shape index (κ2) is 2.47. The molecule has 2 nitrogen and oxygen atoms in total. The zero-order chi connectivity index (χ0) is 6.97. The normalized spacial score (nSPS) is 32.9. The van der Waals surface area contributed by atoms with Crippen LogP contribution in [-0.2, 0) is 9.47 Å². The molecule has 1 fully saturated rings. The van der Waals surface area contributed by atoms with E-state index in [9.17, 15) is 0 Å². The van der Waals surface area contributed by atoms with E-state index in [1.807, 2.05) is 5.41 Å². The van der Waals surface area contributed by atoms with Crippen LogP contribution in [0.4, 0.5) is 0 Å². The van der Waals surface area contributed by atoms with Crippen LogP contribution in [0.2, 0.25) is 0 Å². The van der Waals surface area contributed by atoms with E-state index >= 15 is 0 Å². The van der Waals surface area contributed by atoms with Gasteiger partial charge in [0.15, 0.2) is 0 Å². The minimum atomic E-state index is 0.152. The lowest BCUT2D eigenvalue weighted by Crippen LogP contribution is -2.26. The Morgan fingerprint density at radius 3 is 3.30 bits per heavy atom. The fraction of sp³-hybridized carbons (Fsp3) is 0.571. The van der Waals surface area contributed by atoms with Gasteiger partial charge in [0, 0.05) is 5.41 Å². The predicted octanol–water partition coefficient (Wildman–Crippen LogP) is 1.54. The summed E-state index contributed by atoms with van der Waals surface area (Å²) < 4.78 is 10.8. The summed E-state index contributed by atoms with van der Waals surface area (Å²) >= 11 is 1.71. The maximum Gasteiger partial charge on any atom is 0.133 e.